The van der Waals surface area contributed by atoms with E-state index < -0.39 is 17.5 Å². The quantitative estimate of drug-likeness (QED) is 0.657. The molecule has 4 heteroatoms. The highest BCUT2D eigenvalue weighted by atomic mass is 19.1. The molecule has 0 unspecified atom stereocenters. The first-order chi connectivity index (χ1) is 5.52. The van der Waals surface area contributed by atoms with Gasteiger partial charge in [-0.2, -0.15) is 0 Å². The van der Waals surface area contributed by atoms with E-state index in [0.717, 1.165) is 12.1 Å². The number of phenolic OH excluding ortho intramolecular Hbond substituents is 1. The summed E-state index contributed by atoms with van der Waals surface area (Å²) in [6.07, 6.45) is 0. The largest absolute Gasteiger partial charge is 0.505 e. The molecule has 1 amide bonds. The van der Waals surface area contributed by atoms with E-state index in [0.29, 0.717) is 5.56 Å². The molecule has 0 fully saturated rings. The molecule has 1 aromatic rings. The topological polar surface area (TPSA) is 63.3 Å². The third kappa shape index (κ3) is 1.37. The van der Waals surface area contributed by atoms with Crippen LogP contribution < -0.4 is 5.73 Å². The number of benzene rings is 1. The summed E-state index contributed by atoms with van der Waals surface area (Å²) >= 11 is 0. The van der Waals surface area contributed by atoms with Crippen LogP contribution in [0.5, 0.6) is 5.75 Å². The number of carbonyl (C=O) groups excluding carboxylic acids is 1. The minimum Gasteiger partial charge on any atom is -0.505 e. The standard InChI is InChI=1S/C8H8FNO2/c1-4-2-6(9)7(11)3-5(4)8(10)12/h2-3,11H,1H3,(H2,10,12). The highest BCUT2D eigenvalue weighted by Crippen LogP contribution is 2.19. The fourth-order valence-electron chi connectivity index (χ4n) is 0.927. The lowest BCUT2D eigenvalue weighted by molar-refractivity contribution is 0.0999. The molecule has 3 N–H and O–H groups in total. The SMILES string of the molecule is Cc1cc(F)c(O)cc1C(N)=O. The molecule has 12 heavy (non-hydrogen) atoms. The fraction of sp³-hybridized carbons (Fsp3) is 0.125. The Bertz CT molecular complexity index is 336. The Kier molecular flexibility index (Phi) is 1.99. The van der Waals surface area contributed by atoms with Crippen LogP contribution in [0.15, 0.2) is 12.1 Å². The highest BCUT2D eigenvalue weighted by Gasteiger charge is 2.09. The molecule has 0 aliphatic carbocycles. The third-order valence-corrected chi connectivity index (χ3v) is 1.56. The Morgan fingerprint density at radius 3 is 2.67 bits per heavy atom. The molecular formula is C8H8FNO2. The molecule has 0 bridgehead atoms. The van der Waals surface area contributed by atoms with Crippen LogP contribution in [0, 0.1) is 12.7 Å². The summed E-state index contributed by atoms with van der Waals surface area (Å²) in [6, 6.07) is 2.09. The average molecular weight is 169 g/mol. The van der Waals surface area contributed by atoms with Gasteiger partial charge in [0.2, 0.25) is 5.91 Å². The molecule has 0 saturated heterocycles. The van der Waals surface area contributed by atoms with Gasteiger partial charge in [-0.1, -0.05) is 0 Å². The van der Waals surface area contributed by atoms with Crippen LogP contribution in [-0.2, 0) is 0 Å². The van der Waals surface area contributed by atoms with E-state index in [1.54, 1.807) is 6.92 Å². The summed E-state index contributed by atoms with van der Waals surface area (Å²) in [5.74, 6) is -1.99. The molecule has 1 rings (SSSR count). The fourth-order valence-corrected chi connectivity index (χ4v) is 0.927. The van der Waals surface area contributed by atoms with Crippen LogP contribution in [0.4, 0.5) is 4.39 Å². The van der Waals surface area contributed by atoms with E-state index in [1.165, 1.54) is 0 Å². The van der Waals surface area contributed by atoms with Crippen LogP contribution in [-0.4, -0.2) is 11.0 Å². The van der Waals surface area contributed by atoms with Crippen molar-refractivity contribution in [2.45, 2.75) is 6.92 Å². The van der Waals surface area contributed by atoms with Gasteiger partial charge in [0.15, 0.2) is 11.6 Å². The lowest BCUT2D eigenvalue weighted by atomic mass is 10.1. The molecule has 0 spiro atoms. The number of nitrogens with two attached hydrogens (primary N) is 1. The molecule has 0 saturated carbocycles. The minimum absolute atomic E-state index is 0.133. The predicted octanol–water partition coefficient (Wildman–Crippen LogP) is 0.939. The molecule has 0 atom stereocenters. The van der Waals surface area contributed by atoms with Gasteiger partial charge in [-0.15, -0.1) is 0 Å². The number of phenols is 1. The van der Waals surface area contributed by atoms with E-state index in [2.05, 4.69) is 0 Å². The van der Waals surface area contributed by atoms with Crippen LogP contribution in [0.2, 0.25) is 0 Å². The molecule has 0 radical (unpaired) electrons. The number of amides is 1. The van der Waals surface area contributed by atoms with Crippen molar-refractivity contribution in [1.82, 2.24) is 0 Å². The Labute approximate surface area is 68.6 Å². The monoisotopic (exact) mass is 169 g/mol. The van der Waals surface area contributed by atoms with Crippen molar-refractivity contribution < 1.29 is 14.3 Å². The van der Waals surface area contributed by atoms with Gasteiger partial charge in [0.1, 0.15) is 0 Å². The molecular weight excluding hydrogens is 161 g/mol. The van der Waals surface area contributed by atoms with Crippen LogP contribution in [0.1, 0.15) is 15.9 Å². The average Bonchev–Trinajstić information content (AvgIpc) is 1.96. The second-order valence-corrected chi connectivity index (χ2v) is 2.48. The number of rotatable bonds is 1. The van der Waals surface area contributed by atoms with Crippen molar-refractivity contribution >= 4 is 5.91 Å². The molecule has 0 aliphatic rings. The molecule has 0 aliphatic heterocycles. The van der Waals surface area contributed by atoms with E-state index in [1.807, 2.05) is 0 Å². The lowest BCUT2D eigenvalue weighted by Gasteiger charge is -2.02. The van der Waals surface area contributed by atoms with Gasteiger partial charge >= 0.3 is 0 Å². The zero-order valence-electron chi connectivity index (χ0n) is 6.47. The van der Waals surface area contributed by atoms with Gasteiger partial charge in [0, 0.05) is 5.56 Å². The van der Waals surface area contributed by atoms with Gasteiger partial charge in [0.05, 0.1) is 0 Å². The van der Waals surface area contributed by atoms with Crippen molar-refractivity contribution in [3.05, 3.63) is 29.1 Å². The van der Waals surface area contributed by atoms with E-state index in [4.69, 9.17) is 10.8 Å². The normalized spacial score (nSPS) is 9.83. The summed E-state index contributed by atoms with van der Waals surface area (Å²) < 4.78 is 12.6. The van der Waals surface area contributed by atoms with Crippen molar-refractivity contribution in [2.75, 3.05) is 0 Å². The zero-order valence-corrected chi connectivity index (χ0v) is 6.47. The zero-order chi connectivity index (χ0) is 9.30. The summed E-state index contributed by atoms with van der Waals surface area (Å²) in [6.45, 7) is 1.54. The summed E-state index contributed by atoms with van der Waals surface area (Å²) in [4.78, 5) is 10.7. The maximum absolute atomic E-state index is 12.6. The van der Waals surface area contributed by atoms with Crippen LogP contribution >= 0.6 is 0 Å². The number of aromatic hydroxyl groups is 1. The Balaban J connectivity index is 3.33. The van der Waals surface area contributed by atoms with E-state index in [-0.39, 0.29) is 5.56 Å². The lowest BCUT2D eigenvalue weighted by Crippen LogP contribution is -2.12. The molecule has 3 nitrogen and oxygen atoms in total. The number of halogens is 1. The molecule has 0 heterocycles. The van der Waals surface area contributed by atoms with Crippen molar-refractivity contribution in [1.29, 1.82) is 0 Å². The summed E-state index contributed by atoms with van der Waals surface area (Å²) in [5, 5.41) is 8.89. The maximum Gasteiger partial charge on any atom is 0.249 e. The minimum atomic E-state index is -0.752. The number of hydrogen-bond donors (Lipinski definition) is 2. The second-order valence-electron chi connectivity index (χ2n) is 2.48. The van der Waals surface area contributed by atoms with E-state index >= 15 is 0 Å². The first-order valence-electron chi connectivity index (χ1n) is 3.31. The first kappa shape index (κ1) is 8.52. The maximum atomic E-state index is 12.6. The van der Waals surface area contributed by atoms with Gasteiger partial charge in [-0.05, 0) is 24.6 Å². The Morgan fingerprint density at radius 2 is 2.17 bits per heavy atom. The Morgan fingerprint density at radius 1 is 1.58 bits per heavy atom. The second kappa shape index (κ2) is 2.81. The van der Waals surface area contributed by atoms with Gasteiger partial charge in [-0.25, -0.2) is 4.39 Å². The number of aryl methyl sites for hydroxylation is 1. The molecule has 0 aromatic heterocycles. The third-order valence-electron chi connectivity index (χ3n) is 1.56. The van der Waals surface area contributed by atoms with Crippen LogP contribution in [0.3, 0.4) is 0 Å². The molecule has 1 aromatic carbocycles. The number of hydrogen-bond acceptors (Lipinski definition) is 2. The van der Waals surface area contributed by atoms with Crippen molar-refractivity contribution in [3.8, 4) is 5.75 Å². The van der Waals surface area contributed by atoms with Crippen molar-refractivity contribution in [2.24, 2.45) is 5.73 Å². The van der Waals surface area contributed by atoms with Crippen molar-refractivity contribution in [3.63, 3.8) is 0 Å². The highest BCUT2D eigenvalue weighted by molar-refractivity contribution is 5.94. The number of primary amides is 1. The Hall–Kier alpha value is -1.58. The smallest absolute Gasteiger partial charge is 0.249 e. The van der Waals surface area contributed by atoms with E-state index in [9.17, 15) is 9.18 Å². The van der Waals surface area contributed by atoms with Crippen LogP contribution in [0.25, 0.3) is 0 Å². The first-order valence-corrected chi connectivity index (χ1v) is 3.31. The molecule has 64 valence electrons. The number of carbonyl (C=O) groups is 1. The predicted molar refractivity (Wildman–Crippen MR) is 41.3 cm³/mol. The van der Waals surface area contributed by atoms with Gasteiger partial charge < -0.3 is 10.8 Å². The summed E-state index contributed by atoms with van der Waals surface area (Å²) in [7, 11) is 0. The summed E-state index contributed by atoms with van der Waals surface area (Å²) in [5.41, 5.74) is 5.51. The van der Waals surface area contributed by atoms with Gasteiger partial charge in [0.25, 0.3) is 0 Å². The van der Waals surface area contributed by atoms with Gasteiger partial charge in [-0.3, -0.25) is 4.79 Å².